The van der Waals surface area contributed by atoms with Gasteiger partial charge in [-0.3, -0.25) is 4.79 Å². The van der Waals surface area contributed by atoms with Gasteiger partial charge in [-0.2, -0.15) is 0 Å². The molecular weight excluding hydrogens is 224 g/mol. The molecule has 0 bridgehead atoms. The summed E-state index contributed by atoms with van der Waals surface area (Å²) in [6.07, 6.45) is 0.937. The first-order valence-corrected chi connectivity index (χ1v) is 6.51. The third-order valence-electron chi connectivity index (χ3n) is 3.17. The lowest BCUT2D eigenvalue weighted by Gasteiger charge is -2.14. The Kier molecular flexibility index (Phi) is 5.35. The molecule has 0 heterocycles. The first-order valence-electron chi connectivity index (χ1n) is 6.51. The summed E-state index contributed by atoms with van der Waals surface area (Å²) in [6.45, 7) is 9.46. The number of aryl methyl sites for hydroxylation is 3. The molecule has 3 nitrogen and oxygen atoms in total. The molecular formula is C15H24N2O. The second-order valence-corrected chi connectivity index (χ2v) is 5.17. The molecule has 100 valence electrons. The van der Waals surface area contributed by atoms with E-state index < -0.39 is 0 Å². The SMILES string of the molecule is Cc1cc(C)c(C(=O)NCC(C)CCN)c(C)c1. The minimum Gasteiger partial charge on any atom is -0.352 e. The third kappa shape index (κ3) is 3.84. The van der Waals surface area contributed by atoms with E-state index in [1.54, 1.807) is 0 Å². The molecule has 3 heteroatoms. The number of nitrogens with one attached hydrogen (secondary N) is 1. The number of benzene rings is 1. The quantitative estimate of drug-likeness (QED) is 0.840. The average Bonchev–Trinajstić information content (AvgIpc) is 2.25. The predicted molar refractivity (Wildman–Crippen MR) is 75.8 cm³/mol. The molecule has 1 unspecified atom stereocenters. The summed E-state index contributed by atoms with van der Waals surface area (Å²) in [5.74, 6) is 0.443. The van der Waals surface area contributed by atoms with Crippen molar-refractivity contribution in [1.82, 2.24) is 5.32 Å². The van der Waals surface area contributed by atoms with Crippen LogP contribution in [0.25, 0.3) is 0 Å². The summed E-state index contributed by atoms with van der Waals surface area (Å²) in [6, 6.07) is 4.09. The fourth-order valence-corrected chi connectivity index (χ4v) is 2.28. The molecule has 0 aromatic heterocycles. The molecule has 0 aliphatic rings. The van der Waals surface area contributed by atoms with Crippen molar-refractivity contribution in [1.29, 1.82) is 0 Å². The third-order valence-corrected chi connectivity index (χ3v) is 3.17. The van der Waals surface area contributed by atoms with E-state index in [-0.39, 0.29) is 5.91 Å². The van der Waals surface area contributed by atoms with Crippen LogP contribution in [0.5, 0.6) is 0 Å². The van der Waals surface area contributed by atoms with Gasteiger partial charge in [0.2, 0.25) is 0 Å². The first kappa shape index (κ1) is 14.7. The van der Waals surface area contributed by atoms with Crippen molar-refractivity contribution >= 4 is 5.91 Å². The molecule has 0 radical (unpaired) electrons. The van der Waals surface area contributed by atoms with E-state index >= 15 is 0 Å². The predicted octanol–water partition coefficient (Wildman–Crippen LogP) is 2.33. The molecule has 0 spiro atoms. The Morgan fingerprint density at radius 1 is 1.28 bits per heavy atom. The van der Waals surface area contributed by atoms with Crippen LogP contribution in [0.4, 0.5) is 0 Å². The second kappa shape index (κ2) is 6.55. The summed E-state index contributed by atoms with van der Waals surface area (Å²) < 4.78 is 0. The molecule has 0 fully saturated rings. The van der Waals surface area contributed by atoms with Crippen LogP contribution in [0.15, 0.2) is 12.1 Å². The highest BCUT2D eigenvalue weighted by Crippen LogP contribution is 2.16. The molecule has 0 saturated carbocycles. The summed E-state index contributed by atoms with van der Waals surface area (Å²) in [5.41, 5.74) is 9.57. The zero-order chi connectivity index (χ0) is 13.7. The number of amides is 1. The summed E-state index contributed by atoms with van der Waals surface area (Å²) in [5, 5.41) is 2.99. The van der Waals surface area contributed by atoms with Gasteiger partial charge in [0.05, 0.1) is 0 Å². The molecule has 3 N–H and O–H groups in total. The monoisotopic (exact) mass is 248 g/mol. The Morgan fingerprint density at radius 3 is 2.33 bits per heavy atom. The lowest BCUT2D eigenvalue weighted by molar-refractivity contribution is 0.0946. The molecule has 18 heavy (non-hydrogen) atoms. The molecule has 1 atom stereocenters. The van der Waals surface area contributed by atoms with Crippen LogP contribution < -0.4 is 11.1 Å². The van der Waals surface area contributed by atoms with Crippen LogP contribution in [0.1, 0.15) is 40.4 Å². The van der Waals surface area contributed by atoms with Gasteiger partial charge in [0, 0.05) is 12.1 Å². The van der Waals surface area contributed by atoms with Crippen molar-refractivity contribution in [2.45, 2.75) is 34.1 Å². The highest BCUT2D eigenvalue weighted by molar-refractivity contribution is 5.97. The minimum atomic E-state index is 0.0221. The van der Waals surface area contributed by atoms with Gasteiger partial charge in [0.15, 0.2) is 0 Å². The van der Waals surface area contributed by atoms with Crippen molar-refractivity contribution in [3.8, 4) is 0 Å². The van der Waals surface area contributed by atoms with E-state index in [1.165, 1.54) is 5.56 Å². The maximum absolute atomic E-state index is 12.2. The number of nitrogens with two attached hydrogens (primary N) is 1. The maximum atomic E-state index is 12.2. The smallest absolute Gasteiger partial charge is 0.251 e. The Morgan fingerprint density at radius 2 is 1.83 bits per heavy atom. The van der Waals surface area contributed by atoms with E-state index in [4.69, 9.17) is 5.73 Å². The second-order valence-electron chi connectivity index (χ2n) is 5.17. The fourth-order valence-electron chi connectivity index (χ4n) is 2.28. The van der Waals surface area contributed by atoms with E-state index in [0.717, 1.165) is 23.1 Å². The highest BCUT2D eigenvalue weighted by Gasteiger charge is 2.13. The van der Waals surface area contributed by atoms with E-state index in [0.29, 0.717) is 19.0 Å². The molecule has 1 rings (SSSR count). The van der Waals surface area contributed by atoms with Crippen molar-refractivity contribution in [2.75, 3.05) is 13.1 Å². The minimum absolute atomic E-state index is 0.0221. The Bertz CT molecular complexity index is 403. The van der Waals surface area contributed by atoms with Gasteiger partial charge in [-0.05, 0) is 50.8 Å². The number of hydrogen-bond donors (Lipinski definition) is 2. The van der Waals surface area contributed by atoms with Crippen LogP contribution in [-0.4, -0.2) is 19.0 Å². The van der Waals surface area contributed by atoms with Crippen molar-refractivity contribution in [3.63, 3.8) is 0 Å². The standard InChI is InChI=1S/C15H24N2O/c1-10(5-6-16)9-17-15(18)14-12(3)7-11(2)8-13(14)4/h7-8,10H,5-6,9,16H2,1-4H3,(H,17,18). The lowest BCUT2D eigenvalue weighted by Crippen LogP contribution is -2.30. The van der Waals surface area contributed by atoms with Crippen molar-refractivity contribution < 1.29 is 4.79 Å². The van der Waals surface area contributed by atoms with Gasteiger partial charge in [0.1, 0.15) is 0 Å². The van der Waals surface area contributed by atoms with Crippen molar-refractivity contribution in [2.24, 2.45) is 11.7 Å². The van der Waals surface area contributed by atoms with Gasteiger partial charge >= 0.3 is 0 Å². The average molecular weight is 248 g/mol. The van der Waals surface area contributed by atoms with Gasteiger partial charge in [-0.1, -0.05) is 24.6 Å². The Labute approximate surface area is 110 Å². The van der Waals surface area contributed by atoms with Crippen LogP contribution >= 0.6 is 0 Å². The van der Waals surface area contributed by atoms with Crippen LogP contribution in [0.2, 0.25) is 0 Å². The summed E-state index contributed by atoms with van der Waals surface area (Å²) in [7, 11) is 0. The lowest BCUT2D eigenvalue weighted by atomic mass is 9.99. The molecule has 1 amide bonds. The molecule has 0 aliphatic carbocycles. The molecule has 0 saturated heterocycles. The van der Waals surface area contributed by atoms with Gasteiger partial charge < -0.3 is 11.1 Å². The fraction of sp³-hybridized carbons (Fsp3) is 0.533. The number of rotatable bonds is 5. The van der Waals surface area contributed by atoms with Gasteiger partial charge in [-0.15, -0.1) is 0 Å². The van der Waals surface area contributed by atoms with E-state index in [9.17, 15) is 4.79 Å². The number of carbonyl (C=O) groups excluding carboxylic acids is 1. The van der Waals surface area contributed by atoms with E-state index in [2.05, 4.69) is 12.2 Å². The summed E-state index contributed by atoms with van der Waals surface area (Å²) >= 11 is 0. The van der Waals surface area contributed by atoms with E-state index in [1.807, 2.05) is 32.9 Å². The topological polar surface area (TPSA) is 55.1 Å². The largest absolute Gasteiger partial charge is 0.352 e. The van der Waals surface area contributed by atoms with Crippen LogP contribution in [0.3, 0.4) is 0 Å². The zero-order valence-electron chi connectivity index (χ0n) is 11.8. The number of carbonyl (C=O) groups is 1. The normalized spacial score (nSPS) is 12.3. The first-order chi connectivity index (χ1) is 8.45. The Balaban J connectivity index is 2.73. The molecule has 1 aromatic carbocycles. The maximum Gasteiger partial charge on any atom is 0.251 e. The highest BCUT2D eigenvalue weighted by atomic mass is 16.1. The summed E-state index contributed by atoms with van der Waals surface area (Å²) in [4.78, 5) is 12.2. The Hall–Kier alpha value is -1.35. The molecule has 0 aliphatic heterocycles. The number of hydrogen-bond acceptors (Lipinski definition) is 2. The van der Waals surface area contributed by atoms with Crippen LogP contribution in [-0.2, 0) is 0 Å². The molecule has 1 aromatic rings. The van der Waals surface area contributed by atoms with Crippen LogP contribution in [0, 0.1) is 26.7 Å². The zero-order valence-corrected chi connectivity index (χ0v) is 11.8. The van der Waals surface area contributed by atoms with Crippen molar-refractivity contribution in [3.05, 3.63) is 34.4 Å². The van der Waals surface area contributed by atoms with Gasteiger partial charge in [0.25, 0.3) is 5.91 Å². The van der Waals surface area contributed by atoms with Gasteiger partial charge in [-0.25, -0.2) is 0 Å².